The number of imidazole rings is 1. The Hall–Kier alpha value is -3.79. The number of carbonyl (C=O) groups is 1. The van der Waals surface area contributed by atoms with Crippen molar-refractivity contribution < 1.29 is 13.9 Å². The maximum absolute atomic E-state index is 12.8. The number of carbonyl (C=O) groups excluding carboxylic acids is 1. The molecule has 0 atom stereocenters. The molecular formula is C24H21BrN6O3. The maximum atomic E-state index is 12.8. The highest BCUT2D eigenvalue weighted by atomic mass is 79.9. The standard InChI is InChI=1S/C24H21BrN6O3/c1-4-34-24(32)22-13(2)26-14(3)31(22)11-18-15-9-10-33-12-19(15)21(25)20(18)16-7-5-6-8-17(16)23-27-29-30-28-23/h5-10,12H,4,11H2,1-3H3,(H,27,28,29,30). The second kappa shape index (κ2) is 8.86. The summed E-state index contributed by atoms with van der Waals surface area (Å²) in [5.41, 5.74) is 6.71. The van der Waals surface area contributed by atoms with Crippen LogP contribution in [0.4, 0.5) is 0 Å². The molecule has 0 radical (unpaired) electrons. The normalized spacial score (nSPS) is 11.3. The fraction of sp³-hybridized carbons (Fsp3) is 0.208. The minimum atomic E-state index is -0.390. The lowest BCUT2D eigenvalue weighted by Gasteiger charge is -2.14. The molecule has 2 aliphatic rings. The van der Waals surface area contributed by atoms with E-state index >= 15 is 0 Å². The van der Waals surface area contributed by atoms with Gasteiger partial charge in [0.05, 0.1) is 31.4 Å². The van der Waals surface area contributed by atoms with Crippen LogP contribution in [0.2, 0.25) is 0 Å². The van der Waals surface area contributed by atoms with Crippen molar-refractivity contribution in [1.29, 1.82) is 0 Å². The van der Waals surface area contributed by atoms with Gasteiger partial charge in [0.1, 0.15) is 5.82 Å². The largest absolute Gasteiger partial charge is 0.472 e. The van der Waals surface area contributed by atoms with Gasteiger partial charge in [-0.1, -0.05) is 24.3 Å². The molecule has 9 nitrogen and oxygen atoms in total. The van der Waals surface area contributed by atoms with Crippen LogP contribution in [0.15, 0.2) is 51.7 Å². The topological polar surface area (TPSA) is 112 Å². The Bertz CT molecular complexity index is 1450. The number of rotatable bonds is 6. The van der Waals surface area contributed by atoms with Crippen LogP contribution in [0.1, 0.15) is 34.5 Å². The number of benzene rings is 1. The van der Waals surface area contributed by atoms with E-state index in [-0.39, 0.29) is 12.6 Å². The van der Waals surface area contributed by atoms with E-state index in [0.29, 0.717) is 23.8 Å². The average Bonchev–Trinajstić information content (AvgIpc) is 3.53. The van der Waals surface area contributed by atoms with Crippen LogP contribution in [0.5, 0.6) is 0 Å². The Morgan fingerprint density at radius 2 is 1.94 bits per heavy atom. The number of tetrazole rings is 1. The molecule has 0 amide bonds. The van der Waals surface area contributed by atoms with Crippen LogP contribution in [0.25, 0.3) is 33.6 Å². The smallest absolute Gasteiger partial charge is 0.356 e. The molecule has 0 saturated heterocycles. The van der Waals surface area contributed by atoms with Gasteiger partial charge in [0.25, 0.3) is 0 Å². The summed E-state index contributed by atoms with van der Waals surface area (Å²) in [7, 11) is 0. The summed E-state index contributed by atoms with van der Waals surface area (Å²) in [6.45, 7) is 6.19. The molecule has 0 spiro atoms. The number of ether oxygens (including phenoxy) is 1. The second-order valence-electron chi connectivity index (χ2n) is 7.73. The fourth-order valence-electron chi connectivity index (χ4n) is 4.34. The molecule has 0 bridgehead atoms. The number of esters is 1. The van der Waals surface area contributed by atoms with E-state index in [1.807, 2.05) is 48.7 Å². The first-order chi connectivity index (χ1) is 16.5. The van der Waals surface area contributed by atoms with Crippen molar-refractivity contribution in [3.63, 3.8) is 0 Å². The number of aromatic nitrogens is 6. The number of nitrogens with one attached hydrogen (secondary N) is 1. The highest BCUT2D eigenvalue weighted by Crippen LogP contribution is 2.48. The van der Waals surface area contributed by atoms with Crippen LogP contribution >= 0.6 is 15.9 Å². The number of H-pyrrole nitrogens is 1. The summed E-state index contributed by atoms with van der Waals surface area (Å²) < 4.78 is 13.6. The lowest BCUT2D eigenvalue weighted by molar-refractivity contribution is 0.0513. The zero-order valence-electron chi connectivity index (χ0n) is 18.8. The Kier molecular flexibility index (Phi) is 5.74. The molecule has 1 N–H and O–H groups in total. The number of halogens is 1. The molecule has 34 heavy (non-hydrogen) atoms. The van der Waals surface area contributed by atoms with Crippen LogP contribution in [-0.4, -0.2) is 42.8 Å². The first-order valence-electron chi connectivity index (χ1n) is 10.7. The van der Waals surface area contributed by atoms with Gasteiger partial charge < -0.3 is 13.7 Å². The van der Waals surface area contributed by atoms with Crippen molar-refractivity contribution in [3.8, 4) is 33.6 Å². The molecule has 1 aromatic carbocycles. The summed E-state index contributed by atoms with van der Waals surface area (Å²) >= 11 is 3.81. The van der Waals surface area contributed by atoms with Crippen molar-refractivity contribution in [1.82, 2.24) is 30.2 Å². The lowest BCUT2D eigenvalue weighted by atomic mass is 9.97. The fourth-order valence-corrected chi connectivity index (χ4v) is 5.10. The van der Waals surface area contributed by atoms with Gasteiger partial charge >= 0.3 is 5.97 Å². The van der Waals surface area contributed by atoms with Gasteiger partial charge in [-0.2, -0.15) is 5.21 Å². The molecule has 5 rings (SSSR count). The van der Waals surface area contributed by atoms with Crippen molar-refractivity contribution in [2.24, 2.45) is 0 Å². The van der Waals surface area contributed by atoms with E-state index < -0.39 is 0 Å². The minimum Gasteiger partial charge on any atom is -0.472 e. The average molecular weight is 521 g/mol. The number of nitrogens with zero attached hydrogens (tertiary/aromatic N) is 5. The van der Waals surface area contributed by atoms with Crippen LogP contribution in [0.3, 0.4) is 0 Å². The zero-order valence-corrected chi connectivity index (χ0v) is 20.4. The molecule has 172 valence electrons. The van der Waals surface area contributed by atoms with Crippen molar-refractivity contribution >= 4 is 21.9 Å². The second-order valence-corrected chi connectivity index (χ2v) is 8.53. The summed E-state index contributed by atoms with van der Waals surface area (Å²) in [6, 6.07) is 9.80. The number of hydrogen-bond acceptors (Lipinski definition) is 7. The van der Waals surface area contributed by atoms with Crippen LogP contribution < -0.4 is 0 Å². The van der Waals surface area contributed by atoms with E-state index in [1.165, 1.54) is 0 Å². The molecule has 2 aromatic heterocycles. The summed E-state index contributed by atoms with van der Waals surface area (Å²) in [6.07, 6.45) is 3.35. The van der Waals surface area contributed by atoms with Gasteiger partial charge in [0.15, 0.2) is 5.69 Å². The van der Waals surface area contributed by atoms with E-state index in [1.54, 1.807) is 19.5 Å². The molecule has 1 aliphatic heterocycles. The number of aromatic amines is 1. The van der Waals surface area contributed by atoms with Crippen LogP contribution in [0, 0.1) is 13.8 Å². The summed E-state index contributed by atoms with van der Waals surface area (Å²) in [5, 5.41) is 14.6. The van der Waals surface area contributed by atoms with Gasteiger partial charge in [-0.05, 0) is 64.7 Å². The van der Waals surface area contributed by atoms with Crippen molar-refractivity contribution in [3.05, 3.63) is 70.1 Å². The zero-order chi connectivity index (χ0) is 23.8. The third-order valence-corrected chi connectivity index (χ3v) is 6.60. The molecule has 3 heterocycles. The molecule has 0 unspecified atom stereocenters. The lowest BCUT2D eigenvalue weighted by Crippen LogP contribution is -2.15. The predicted molar refractivity (Wildman–Crippen MR) is 128 cm³/mol. The number of aryl methyl sites for hydroxylation is 2. The van der Waals surface area contributed by atoms with Crippen molar-refractivity contribution in [2.75, 3.05) is 6.61 Å². The van der Waals surface area contributed by atoms with Crippen molar-refractivity contribution in [2.45, 2.75) is 27.3 Å². The van der Waals surface area contributed by atoms with Gasteiger partial charge in [0, 0.05) is 21.2 Å². The maximum Gasteiger partial charge on any atom is 0.356 e. The van der Waals surface area contributed by atoms with E-state index in [2.05, 4.69) is 41.5 Å². The molecule has 1 aliphatic carbocycles. The molecule has 0 saturated carbocycles. The monoisotopic (exact) mass is 520 g/mol. The van der Waals surface area contributed by atoms with E-state index in [0.717, 1.165) is 43.7 Å². The Morgan fingerprint density at radius 3 is 2.68 bits per heavy atom. The summed E-state index contributed by atoms with van der Waals surface area (Å²) in [4.78, 5) is 17.3. The highest BCUT2D eigenvalue weighted by molar-refractivity contribution is 9.10. The first kappa shape index (κ1) is 22.0. The van der Waals surface area contributed by atoms with Crippen LogP contribution in [-0.2, 0) is 11.3 Å². The van der Waals surface area contributed by atoms with Gasteiger partial charge in [0.2, 0.25) is 5.82 Å². The molecule has 0 fully saturated rings. The van der Waals surface area contributed by atoms with Gasteiger partial charge in [-0.15, -0.1) is 10.2 Å². The number of hydrogen-bond donors (Lipinski definition) is 1. The van der Waals surface area contributed by atoms with Gasteiger partial charge in [-0.3, -0.25) is 0 Å². The van der Waals surface area contributed by atoms with E-state index in [4.69, 9.17) is 9.15 Å². The third kappa shape index (κ3) is 3.60. The Balaban J connectivity index is 1.75. The molecule has 10 heteroatoms. The summed E-state index contributed by atoms with van der Waals surface area (Å²) in [5.74, 6) is 0.827. The minimum absolute atomic E-state index is 0.290. The Morgan fingerprint density at radius 1 is 1.15 bits per heavy atom. The first-order valence-corrected chi connectivity index (χ1v) is 11.5. The van der Waals surface area contributed by atoms with Gasteiger partial charge in [-0.25, -0.2) is 9.78 Å². The highest BCUT2D eigenvalue weighted by Gasteiger charge is 2.28. The third-order valence-electron chi connectivity index (χ3n) is 5.77. The van der Waals surface area contributed by atoms with E-state index in [9.17, 15) is 4.79 Å². The quantitative estimate of drug-likeness (QED) is 0.312. The number of fused-ring (bicyclic) bond motifs is 1. The molecule has 3 aromatic rings. The molecular weight excluding hydrogens is 500 g/mol. The Labute approximate surface area is 203 Å². The predicted octanol–water partition coefficient (Wildman–Crippen LogP) is 5.03. The SMILES string of the molecule is CCOC(=O)c1c(C)nc(C)n1Cc1c2ccocc-2c(Br)c1-c1ccccc1-c1nn[nH]n1.